The molecule has 0 aliphatic heterocycles. The van der Waals surface area contributed by atoms with Crippen LogP contribution in [0.4, 0.5) is 11.6 Å². The average molecular weight is 812 g/mol. The third-order valence-electron chi connectivity index (χ3n) is 11.9. The highest BCUT2D eigenvalue weighted by molar-refractivity contribution is 6.29. The molecule has 0 saturated heterocycles. The number of anilines is 2. The monoisotopic (exact) mass is 811 g/mol. The molecule has 0 aromatic carbocycles. The van der Waals surface area contributed by atoms with Crippen molar-refractivity contribution in [1.82, 2.24) is 39.0 Å². The molecule has 2 aliphatic carbocycles. The molecular weight excluding hydrogens is 739 g/mol. The Balaban J connectivity index is 0.000000214. The fourth-order valence-electron chi connectivity index (χ4n) is 8.56. The van der Waals surface area contributed by atoms with Crippen LogP contribution < -0.4 is 10.6 Å². The van der Waals surface area contributed by atoms with Gasteiger partial charge in [-0.2, -0.15) is 19.9 Å². The summed E-state index contributed by atoms with van der Waals surface area (Å²) in [6.07, 6.45) is 40.7. The summed E-state index contributed by atoms with van der Waals surface area (Å²) in [5, 5.41) is 7.50. The Morgan fingerprint density at radius 2 is 0.804 bits per heavy atom. The van der Waals surface area contributed by atoms with Gasteiger partial charge in [-0.1, -0.05) is 155 Å². The van der Waals surface area contributed by atoms with Crippen molar-refractivity contribution in [2.45, 2.75) is 206 Å². The fraction of sp³-hybridized carbons (Fsp3) is 0.773. The van der Waals surface area contributed by atoms with Gasteiger partial charge < -0.3 is 19.8 Å². The molecule has 2 saturated carbocycles. The summed E-state index contributed by atoms with van der Waals surface area (Å²) >= 11 is 12.4. The maximum absolute atomic E-state index is 6.20. The highest BCUT2D eigenvalue weighted by atomic mass is 35.5. The molecular formula is C44H72Cl2N10. The number of imidazole rings is 2. The van der Waals surface area contributed by atoms with Crippen molar-refractivity contribution in [2.24, 2.45) is 0 Å². The molecule has 0 radical (unpaired) electrons. The van der Waals surface area contributed by atoms with Crippen LogP contribution >= 0.6 is 23.2 Å². The molecule has 4 aromatic heterocycles. The molecule has 10 nitrogen and oxygen atoms in total. The van der Waals surface area contributed by atoms with Gasteiger partial charge in [0.15, 0.2) is 34.0 Å². The summed E-state index contributed by atoms with van der Waals surface area (Å²) < 4.78 is 4.39. The van der Waals surface area contributed by atoms with Crippen LogP contribution in [0.2, 0.25) is 10.6 Å². The van der Waals surface area contributed by atoms with E-state index in [1.165, 1.54) is 167 Å². The Bertz CT molecular complexity index is 1540. The number of rotatable bonds is 26. The Morgan fingerprint density at radius 1 is 0.482 bits per heavy atom. The molecule has 4 aromatic rings. The van der Waals surface area contributed by atoms with Crippen LogP contribution in [-0.4, -0.2) is 52.1 Å². The lowest BCUT2D eigenvalue weighted by atomic mass is 10.1. The molecule has 2 fully saturated rings. The zero-order valence-electron chi connectivity index (χ0n) is 34.9. The van der Waals surface area contributed by atoms with Crippen LogP contribution in [0.5, 0.6) is 0 Å². The predicted octanol–water partition coefficient (Wildman–Crippen LogP) is 13.9. The number of hydrogen-bond donors (Lipinski definition) is 2. The molecule has 0 atom stereocenters. The maximum atomic E-state index is 6.20. The number of nitrogens with one attached hydrogen (secondary N) is 2. The molecule has 312 valence electrons. The number of fused-ring (bicyclic) bond motifs is 2. The first kappa shape index (κ1) is 44.4. The largest absolute Gasteiger partial charge is 0.368 e. The standard InChI is InChI=1S/2C22H36ClN5/c2*1-2-3-4-5-6-7-8-9-10-13-16-24-20-19-21(27-22(23)26-20)28(17-25-19)18-14-11-12-15-18/h2*17-18H,2-16H2,1H3,(H,24,26,27). The summed E-state index contributed by atoms with van der Waals surface area (Å²) in [6.45, 7) is 6.37. The maximum Gasteiger partial charge on any atom is 0.226 e. The SMILES string of the molecule is CCCCCCCCCCCCNc1nc(Cl)nc2c1ncn2C1CCCC1.CCCCCCCCCCCCNc1nc(Cl)nc2c1ncn2C1CCCC1. The van der Waals surface area contributed by atoms with E-state index >= 15 is 0 Å². The van der Waals surface area contributed by atoms with Crippen LogP contribution in [-0.2, 0) is 0 Å². The van der Waals surface area contributed by atoms with E-state index in [1.54, 1.807) is 0 Å². The van der Waals surface area contributed by atoms with Crippen molar-refractivity contribution in [3.05, 3.63) is 23.2 Å². The van der Waals surface area contributed by atoms with Gasteiger partial charge in [0.1, 0.15) is 0 Å². The van der Waals surface area contributed by atoms with Crippen LogP contribution in [0.15, 0.2) is 12.7 Å². The zero-order valence-corrected chi connectivity index (χ0v) is 36.4. The van der Waals surface area contributed by atoms with E-state index in [0.29, 0.717) is 22.7 Å². The lowest BCUT2D eigenvalue weighted by molar-refractivity contribution is 0.529. The molecule has 0 unspecified atom stereocenters. The third kappa shape index (κ3) is 14.3. The Hall–Kier alpha value is -2.72. The molecule has 4 heterocycles. The second-order valence-electron chi connectivity index (χ2n) is 16.4. The van der Waals surface area contributed by atoms with Crippen LogP contribution in [0.3, 0.4) is 0 Å². The molecule has 2 N–H and O–H groups in total. The second-order valence-corrected chi connectivity index (χ2v) is 17.1. The van der Waals surface area contributed by atoms with Crippen molar-refractivity contribution in [2.75, 3.05) is 23.7 Å². The lowest BCUT2D eigenvalue weighted by Crippen LogP contribution is -2.07. The topological polar surface area (TPSA) is 111 Å². The Labute approximate surface area is 347 Å². The Morgan fingerprint density at radius 3 is 1.14 bits per heavy atom. The van der Waals surface area contributed by atoms with E-state index in [9.17, 15) is 0 Å². The Kier molecular flexibility index (Phi) is 20.3. The number of hydrogen-bond acceptors (Lipinski definition) is 8. The van der Waals surface area contributed by atoms with Gasteiger partial charge in [-0.3, -0.25) is 0 Å². The van der Waals surface area contributed by atoms with E-state index in [-0.39, 0.29) is 0 Å². The summed E-state index contributed by atoms with van der Waals surface area (Å²) in [5.74, 6) is 1.56. The highest BCUT2D eigenvalue weighted by Crippen LogP contribution is 2.34. The normalized spacial score (nSPS) is 14.9. The number of aromatic nitrogens is 8. The first-order valence-electron chi connectivity index (χ1n) is 22.9. The summed E-state index contributed by atoms with van der Waals surface area (Å²) in [5.41, 5.74) is 3.45. The molecule has 56 heavy (non-hydrogen) atoms. The van der Waals surface area contributed by atoms with Gasteiger partial charge in [-0.15, -0.1) is 0 Å². The van der Waals surface area contributed by atoms with Crippen molar-refractivity contribution in [1.29, 1.82) is 0 Å². The van der Waals surface area contributed by atoms with Gasteiger partial charge in [-0.05, 0) is 61.7 Å². The molecule has 0 bridgehead atoms. The fourth-order valence-corrected chi connectivity index (χ4v) is 8.89. The number of unbranched alkanes of at least 4 members (excludes halogenated alkanes) is 18. The van der Waals surface area contributed by atoms with Crippen molar-refractivity contribution >= 4 is 57.2 Å². The molecule has 6 rings (SSSR count). The summed E-state index contributed by atoms with van der Waals surface area (Å²) in [7, 11) is 0. The summed E-state index contributed by atoms with van der Waals surface area (Å²) in [4.78, 5) is 26.9. The predicted molar refractivity (Wildman–Crippen MR) is 236 cm³/mol. The quantitative estimate of drug-likeness (QED) is 0.0476. The minimum atomic E-state index is 0.304. The van der Waals surface area contributed by atoms with Gasteiger partial charge in [0, 0.05) is 25.2 Å². The highest BCUT2D eigenvalue weighted by Gasteiger charge is 2.23. The van der Waals surface area contributed by atoms with E-state index in [2.05, 4.69) is 63.5 Å². The lowest BCUT2D eigenvalue weighted by Gasteiger charge is -2.12. The van der Waals surface area contributed by atoms with Gasteiger partial charge in [0.2, 0.25) is 10.6 Å². The van der Waals surface area contributed by atoms with Crippen LogP contribution in [0.25, 0.3) is 22.3 Å². The molecule has 2 aliphatic rings. The van der Waals surface area contributed by atoms with Crippen LogP contribution in [0, 0.1) is 0 Å². The van der Waals surface area contributed by atoms with Gasteiger partial charge in [-0.25, -0.2) is 9.97 Å². The zero-order chi connectivity index (χ0) is 39.2. The van der Waals surface area contributed by atoms with Crippen molar-refractivity contribution in [3.8, 4) is 0 Å². The van der Waals surface area contributed by atoms with Crippen molar-refractivity contribution < 1.29 is 0 Å². The smallest absolute Gasteiger partial charge is 0.226 e. The van der Waals surface area contributed by atoms with Gasteiger partial charge in [0.25, 0.3) is 0 Å². The van der Waals surface area contributed by atoms with Gasteiger partial charge in [0.05, 0.1) is 12.7 Å². The molecule has 0 spiro atoms. The van der Waals surface area contributed by atoms with Crippen LogP contribution in [0.1, 0.15) is 206 Å². The minimum Gasteiger partial charge on any atom is -0.368 e. The van der Waals surface area contributed by atoms with E-state index in [1.807, 2.05) is 12.7 Å². The molecule has 0 amide bonds. The van der Waals surface area contributed by atoms with Gasteiger partial charge >= 0.3 is 0 Å². The first-order chi connectivity index (χ1) is 27.6. The second kappa shape index (κ2) is 25.6. The first-order valence-corrected chi connectivity index (χ1v) is 23.6. The number of halogens is 2. The van der Waals surface area contributed by atoms with E-state index in [4.69, 9.17) is 23.2 Å². The van der Waals surface area contributed by atoms with E-state index in [0.717, 1.165) is 59.9 Å². The summed E-state index contributed by atoms with van der Waals surface area (Å²) in [6, 6.07) is 1.01. The number of nitrogens with zero attached hydrogens (tertiary/aromatic N) is 8. The average Bonchev–Trinajstić information content (AvgIpc) is 4.04. The third-order valence-corrected chi connectivity index (χ3v) is 12.2. The minimum absolute atomic E-state index is 0.304. The molecule has 12 heteroatoms. The van der Waals surface area contributed by atoms with Crippen molar-refractivity contribution in [3.63, 3.8) is 0 Å². The van der Waals surface area contributed by atoms with E-state index < -0.39 is 0 Å².